The van der Waals surface area contributed by atoms with Crippen LogP contribution >= 0.6 is 0 Å². The molecular weight excluding hydrogens is 314 g/mol. The summed E-state index contributed by atoms with van der Waals surface area (Å²) in [5, 5.41) is 7.34. The third kappa shape index (κ3) is 3.79. The Morgan fingerprint density at radius 2 is 1.92 bits per heavy atom. The summed E-state index contributed by atoms with van der Waals surface area (Å²) in [6, 6.07) is 9.49. The summed E-state index contributed by atoms with van der Waals surface area (Å²) in [6.07, 6.45) is 3.76. The Balaban J connectivity index is 1.65. The van der Waals surface area contributed by atoms with E-state index in [0.29, 0.717) is 0 Å². The van der Waals surface area contributed by atoms with Crippen LogP contribution in [0.4, 0.5) is 5.69 Å². The molecule has 1 aromatic carbocycles. The van der Waals surface area contributed by atoms with Gasteiger partial charge in [-0.1, -0.05) is 12.1 Å². The van der Waals surface area contributed by atoms with Gasteiger partial charge >= 0.3 is 0 Å². The molecule has 2 heterocycles. The minimum Gasteiger partial charge on any atom is -0.331 e. The lowest BCUT2D eigenvalue weighted by molar-refractivity contribution is -0.119. The quantitative estimate of drug-likeness (QED) is 0.777. The van der Waals surface area contributed by atoms with Gasteiger partial charge in [-0.3, -0.25) is 9.48 Å². The van der Waals surface area contributed by atoms with E-state index in [1.165, 1.54) is 0 Å². The van der Waals surface area contributed by atoms with E-state index < -0.39 is 0 Å². The Hall–Kier alpha value is -2.89. The van der Waals surface area contributed by atoms with E-state index >= 15 is 0 Å². The van der Waals surface area contributed by atoms with E-state index in [1.807, 2.05) is 64.2 Å². The first-order valence-corrected chi connectivity index (χ1v) is 8.34. The fourth-order valence-electron chi connectivity index (χ4n) is 2.86. The monoisotopic (exact) mass is 337 g/mol. The van der Waals surface area contributed by atoms with E-state index in [0.717, 1.165) is 35.0 Å². The number of hydrogen-bond acceptors (Lipinski definition) is 3. The van der Waals surface area contributed by atoms with Crippen LogP contribution in [0.5, 0.6) is 0 Å². The molecule has 0 saturated heterocycles. The number of aryl methyl sites for hydroxylation is 3. The number of nitrogens with one attached hydrogen (secondary N) is 1. The predicted molar refractivity (Wildman–Crippen MR) is 97.5 cm³/mol. The second kappa shape index (κ2) is 6.93. The average Bonchev–Trinajstić information content (AvgIpc) is 3.13. The summed E-state index contributed by atoms with van der Waals surface area (Å²) in [4.78, 5) is 16.7. The van der Waals surface area contributed by atoms with E-state index in [4.69, 9.17) is 0 Å². The molecule has 1 N–H and O–H groups in total. The number of rotatable bonds is 5. The third-order valence-electron chi connectivity index (χ3n) is 4.29. The molecule has 0 aliphatic heterocycles. The topological polar surface area (TPSA) is 64.7 Å². The van der Waals surface area contributed by atoms with Crippen molar-refractivity contribution in [1.82, 2.24) is 19.3 Å². The molecule has 3 rings (SSSR count). The van der Waals surface area contributed by atoms with Gasteiger partial charge in [0.15, 0.2) is 0 Å². The van der Waals surface area contributed by atoms with Crippen LogP contribution in [0.15, 0.2) is 42.7 Å². The zero-order chi connectivity index (χ0) is 18.0. The van der Waals surface area contributed by atoms with Crippen LogP contribution in [0.2, 0.25) is 0 Å². The summed E-state index contributed by atoms with van der Waals surface area (Å²) in [5.74, 6) is 0.903. The van der Waals surface area contributed by atoms with Crippen molar-refractivity contribution in [3.63, 3.8) is 0 Å². The van der Waals surface area contributed by atoms with Crippen LogP contribution in [-0.2, 0) is 11.3 Å². The molecule has 1 amide bonds. The summed E-state index contributed by atoms with van der Waals surface area (Å²) < 4.78 is 3.83. The first-order chi connectivity index (χ1) is 11.9. The smallest absolute Gasteiger partial charge is 0.248 e. The van der Waals surface area contributed by atoms with Crippen molar-refractivity contribution >= 4 is 11.6 Å². The van der Waals surface area contributed by atoms with Crippen molar-refractivity contribution in [1.29, 1.82) is 0 Å². The molecule has 0 bridgehead atoms. The van der Waals surface area contributed by atoms with Crippen LogP contribution in [-0.4, -0.2) is 25.2 Å². The lowest BCUT2D eigenvalue weighted by Gasteiger charge is -2.15. The summed E-state index contributed by atoms with van der Waals surface area (Å²) in [5.41, 5.74) is 3.83. The van der Waals surface area contributed by atoms with Crippen molar-refractivity contribution < 1.29 is 4.79 Å². The summed E-state index contributed by atoms with van der Waals surface area (Å²) in [7, 11) is 0. The van der Waals surface area contributed by atoms with Gasteiger partial charge in [0.1, 0.15) is 11.9 Å². The minimum atomic E-state index is -0.359. The molecule has 0 aliphatic rings. The van der Waals surface area contributed by atoms with Gasteiger partial charge in [0.2, 0.25) is 5.91 Å². The predicted octanol–water partition coefficient (Wildman–Crippen LogP) is 3.25. The van der Waals surface area contributed by atoms with Gasteiger partial charge in [0.25, 0.3) is 0 Å². The van der Waals surface area contributed by atoms with Crippen molar-refractivity contribution in [2.75, 3.05) is 5.32 Å². The number of imidazole rings is 1. The zero-order valence-corrected chi connectivity index (χ0v) is 15.0. The number of nitrogens with zero attached hydrogens (tertiary/aromatic N) is 4. The highest BCUT2D eigenvalue weighted by atomic mass is 16.2. The Bertz CT molecular complexity index is 876. The number of hydrogen-bond donors (Lipinski definition) is 1. The Morgan fingerprint density at radius 3 is 2.48 bits per heavy atom. The lowest BCUT2D eigenvalue weighted by atomic mass is 10.2. The summed E-state index contributed by atoms with van der Waals surface area (Å²) >= 11 is 0. The van der Waals surface area contributed by atoms with Gasteiger partial charge in [-0.15, -0.1) is 0 Å². The van der Waals surface area contributed by atoms with Crippen molar-refractivity contribution in [2.45, 2.75) is 40.3 Å². The van der Waals surface area contributed by atoms with Crippen LogP contribution in [0.1, 0.15) is 35.7 Å². The van der Waals surface area contributed by atoms with Crippen molar-refractivity contribution in [2.24, 2.45) is 0 Å². The molecule has 0 saturated carbocycles. The lowest BCUT2D eigenvalue weighted by Crippen LogP contribution is -2.25. The number of carbonyl (C=O) groups excluding carboxylic acids is 1. The molecular formula is C19H23N5O. The number of amides is 1. The molecule has 1 atom stereocenters. The maximum atomic E-state index is 12.5. The number of carbonyl (C=O) groups is 1. The van der Waals surface area contributed by atoms with Gasteiger partial charge in [0.05, 0.1) is 5.69 Å². The molecule has 2 aromatic heterocycles. The number of anilines is 1. The fraction of sp³-hybridized carbons (Fsp3) is 0.316. The van der Waals surface area contributed by atoms with Gasteiger partial charge in [0, 0.05) is 30.3 Å². The van der Waals surface area contributed by atoms with Crippen LogP contribution < -0.4 is 5.32 Å². The molecule has 0 fully saturated rings. The van der Waals surface area contributed by atoms with Gasteiger partial charge in [-0.2, -0.15) is 5.10 Å². The second-order valence-corrected chi connectivity index (χ2v) is 6.34. The molecule has 3 aromatic rings. The van der Waals surface area contributed by atoms with Crippen LogP contribution in [0.3, 0.4) is 0 Å². The van der Waals surface area contributed by atoms with Gasteiger partial charge < -0.3 is 9.88 Å². The highest BCUT2D eigenvalue weighted by Crippen LogP contribution is 2.16. The standard InChI is InChI=1S/C19H23N5O/c1-13-11-14(2)24(22-13)15(3)19(25)21-18-7-5-17(6-8-18)12-23-10-9-20-16(23)4/h5-11,15H,12H2,1-4H3,(H,21,25). The second-order valence-electron chi connectivity index (χ2n) is 6.34. The first-order valence-electron chi connectivity index (χ1n) is 8.34. The minimum absolute atomic E-state index is 0.0793. The Kier molecular flexibility index (Phi) is 4.70. The molecule has 0 radical (unpaired) electrons. The molecule has 25 heavy (non-hydrogen) atoms. The molecule has 0 spiro atoms. The Labute approximate surface area is 147 Å². The van der Waals surface area contributed by atoms with E-state index in [2.05, 4.69) is 20.0 Å². The van der Waals surface area contributed by atoms with Crippen LogP contribution in [0, 0.1) is 20.8 Å². The average molecular weight is 337 g/mol. The molecule has 1 unspecified atom stereocenters. The number of aromatic nitrogens is 4. The number of benzene rings is 1. The first kappa shape index (κ1) is 17.0. The van der Waals surface area contributed by atoms with Gasteiger partial charge in [-0.25, -0.2) is 4.98 Å². The van der Waals surface area contributed by atoms with Crippen molar-refractivity contribution in [3.05, 3.63) is 65.5 Å². The maximum Gasteiger partial charge on any atom is 0.248 e. The summed E-state index contributed by atoms with van der Waals surface area (Å²) in [6.45, 7) is 8.48. The highest BCUT2D eigenvalue weighted by molar-refractivity contribution is 5.93. The van der Waals surface area contributed by atoms with E-state index in [9.17, 15) is 4.79 Å². The molecule has 130 valence electrons. The highest BCUT2D eigenvalue weighted by Gasteiger charge is 2.17. The van der Waals surface area contributed by atoms with E-state index in [-0.39, 0.29) is 11.9 Å². The third-order valence-corrected chi connectivity index (χ3v) is 4.29. The van der Waals surface area contributed by atoms with Crippen molar-refractivity contribution in [3.8, 4) is 0 Å². The molecule has 6 heteroatoms. The fourth-order valence-corrected chi connectivity index (χ4v) is 2.86. The Morgan fingerprint density at radius 1 is 1.20 bits per heavy atom. The van der Waals surface area contributed by atoms with Crippen LogP contribution in [0.25, 0.3) is 0 Å². The van der Waals surface area contributed by atoms with E-state index in [1.54, 1.807) is 10.9 Å². The normalized spacial score (nSPS) is 12.2. The maximum absolute atomic E-state index is 12.5. The molecule has 0 aliphatic carbocycles. The zero-order valence-electron chi connectivity index (χ0n) is 15.0. The SMILES string of the molecule is Cc1cc(C)n(C(C)C(=O)Nc2ccc(Cn3ccnc3C)cc2)n1. The van der Waals surface area contributed by atoms with Gasteiger partial charge in [-0.05, 0) is 51.5 Å². The largest absolute Gasteiger partial charge is 0.331 e. The molecule has 6 nitrogen and oxygen atoms in total.